The molecule has 1 aliphatic rings. The van der Waals surface area contributed by atoms with E-state index in [0.717, 1.165) is 16.7 Å². The first-order valence-electron chi connectivity index (χ1n) is 11.5. The van der Waals surface area contributed by atoms with Crippen molar-refractivity contribution in [3.05, 3.63) is 108 Å². The minimum Gasteiger partial charge on any atom is -0.391 e. The van der Waals surface area contributed by atoms with Crippen LogP contribution in [0.5, 0.6) is 0 Å². The highest BCUT2D eigenvalue weighted by Crippen LogP contribution is 2.37. The third-order valence-corrected chi connectivity index (χ3v) is 5.97. The monoisotopic (exact) mass is 464 g/mol. The van der Waals surface area contributed by atoms with Crippen LogP contribution in [0.15, 0.2) is 91.0 Å². The van der Waals surface area contributed by atoms with Crippen molar-refractivity contribution in [3.8, 4) is 0 Å². The Hall–Kier alpha value is -2.58. The van der Waals surface area contributed by atoms with Gasteiger partial charge in [-0.25, -0.2) is 0 Å². The molecule has 180 valence electrons. The first kappa shape index (κ1) is 24.5. The number of hydrogen-bond acceptors (Lipinski definition) is 6. The Morgan fingerprint density at radius 3 is 1.74 bits per heavy atom. The van der Waals surface area contributed by atoms with Crippen molar-refractivity contribution in [2.75, 3.05) is 20.3 Å². The van der Waals surface area contributed by atoms with Crippen molar-refractivity contribution in [2.24, 2.45) is 0 Å². The van der Waals surface area contributed by atoms with Crippen molar-refractivity contribution in [3.63, 3.8) is 0 Å². The summed E-state index contributed by atoms with van der Waals surface area (Å²) in [5.41, 5.74) is 3.11. The molecule has 6 nitrogen and oxygen atoms in total. The molecular formula is C28H32O6. The van der Waals surface area contributed by atoms with E-state index in [-0.39, 0.29) is 13.2 Å². The molecule has 3 aromatic rings. The van der Waals surface area contributed by atoms with Crippen LogP contribution in [0.3, 0.4) is 0 Å². The Kier molecular flexibility index (Phi) is 8.82. The minimum absolute atomic E-state index is 0.269. The molecule has 1 N–H and O–H groups in total. The van der Waals surface area contributed by atoms with Gasteiger partial charge in [0, 0.05) is 7.11 Å². The van der Waals surface area contributed by atoms with Crippen LogP contribution in [0.25, 0.3) is 0 Å². The second-order valence-corrected chi connectivity index (χ2v) is 8.31. The predicted molar refractivity (Wildman–Crippen MR) is 128 cm³/mol. The molecule has 3 aromatic carbocycles. The van der Waals surface area contributed by atoms with Crippen molar-refractivity contribution in [2.45, 2.75) is 43.9 Å². The van der Waals surface area contributed by atoms with Gasteiger partial charge in [0.1, 0.15) is 24.9 Å². The fourth-order valence-electron chi connectivity index (χ4n) is 4.13. The third-order valence-electron chi connectivity index (χ3n) is 5.97. The zero-order valence-electron chi connectivity index (χ0n) is 19.4. The zero-order valence-corrected chi connectivity index (χ0v) is 19.4. The Morgan fingerprint density at radius 2 is 1.24 bits per heavy atom. The second-order valence-electron chi connectivity index (χ2n) is 8.31. The molecule has 4 rings (SSSR count). The summed E-state index contributed by atoms with van der Waals surface area (Å²) in [5.74, 6) is -1.35. The van der Waals surface area contributed by atoms with Crippen molar-refractivity contribution in [1.29, 1.82) is 0 Å². The number of aliphatic hydroxyl groups is 1. The summed E-state index contributed by atoms with van der Waals surface area (Å²) in [5, 5.41) is 10.3. The van der Waals surface area contributed by atoms with E-state index < -0.39 is 24.1 Å². The largest absolute Gasteiger partial charge is 0.391 e. The molecule has 0 saturated carbocycles. The van der Waals surface area contributed by atoms with E-state index >= 15 is 0 Å². The van der Waals surface area contributed by atoms with Crippen LogP contribution in [0.4, 0.5) is 0 Å². The highest BCUT2D eigenvalue weighted by atomic mass is 16.8. The van der Waals surface area contributed by atoms with Gasteiger partial charge in [-0.1, -0.05) is 91.0 Å². The Labute approximate surface area is 201 Å². The molecule has 0 radical (unpaired) electrons. The second kappa shape index (κ2) is 12.2. The lowest BCUT2D eigenvalue weighted by Gasteiger charge is -2.32. The maximum Gasteiger partial charge on any atom is 0.221 e. The standard InChI is InChI=1S/C28H32O6/c1-30-28(21-29)27(33-19-24-15-9-4-10-16-24)26(32-18-23-13-7-3-8-14-23)25(34-28)20-31-17-22-11-5-2-6-12-22/h2-16,25-27,29H,17-21H2,1H3/t25-,26-,27+,28-/m1/s1. The van der Waals surface area contributed by atoms with Gasteiger partial charge in [-0.3, -0.25) is 0 Å². The predicted octanol–water partition coefficient (Wildman–Crippen LogP) is 4.11. The lowest BCUT2D eigenvalue weighted by atomic mass is 10.0. The Morgan fingerprint density at radius 1 is 0.735 bits per heavy atom. The van der Waals surface area contributed by atoms with Gasteiger partial charge in [-0.15, -0.1) is 0 Å². The molecule has 34 heavy (non-hydrogen) atoms. The van der Waals surface area contributed by atoms with Crippen molar-refractivity contribution >= 4 is 0 Å². The summed E-state index contributed by atoms with van der Waals surface area (Å²) in [6.07, 6.45) is -1.65. The quantitative estimate of drug-likeness (QED) is 0.435. The fraction of sp³-hybridized carbons (Fsp3) is 0.357. The van der Waals surface area contributed by atoms with E-state index in [9.17, 15) is 5.11 Å². The molecule has 0 aromatic heterocycles. The van der Waals surface area contributed by atoms with Gasteiger partial charge in [0.25, 0.3) is 0 Å². The smallest absolute Gasteiger partial charge is 0.221 e. The van der Waals surface area contributed by atoms with Gasteiger partial charge in [0.15, 0.2) is 0 Å². The van der Waals surface area contributed by atoms with Gasteiger partial charge < -0.3 is 28.8 Å². The molecule has 0 unspecified atom stereocenters. The average Bonchev–Trinajstić information content (AvgIpc) is 3.20. The van der Waals surface area contributed by atoms with E-state index in [4.69, 9.17) is 23.7 Å². The number of ether oxygens (including phenoxy) is 5. The van der Waals surface area contributed by atoms with Gasteiger partial charge in [-0.05, 0) is 16.7 Å². The number of aliphatic hydroxyl groups excluding tert-OH is 1. The topological polar surface area (TPSA) is 66.4 Å². The number of methoxy groups -OCH3 is 1. The van der Waals surface area contributed by atoms with Crippen LogP contribution in [0.2, 0.25) is 0 Å². The zero-order chi connectivity index (χ0) is 23.6. The molecule has 1 fully saturated rings. The van der Waals surface area contributed by atoms with Crippen LogP contribution in [0.1, 0.15) is 16.7 Å². The SMILES string of the molecule is CO[C@]1(CO)O[C@H](COCc2ccccc2)[C@@H](OCc2ccccc2)[C@@H]1OCc1ccccc1. The van der Waals surface area contributed by atoms with Crippen LogP contribution >= 0.6 is 0 Å². The molecule has 0 amide bonds. The first-order chi connectivity index (χ1) is 16.7. The van der Waals surface area contributed by atoms with Crippen molar-refractivity contribution < 1.29 is 28.8 Å². The summed E-state index contributed by atoms with van der Waals surface area (Å²) in [6.45, 7) is 1.05. The minimum atomic E-state index is -1.35. The third kappa shape index (κ3) is 6.10. The summed E-state index contributed by atoms with van der Waals surface area (Å²) in [4.78, 5) is 0. The number of benzene rings is 3. The number of rotatable bonds is 12. The van der Waals surface area contributed by atoms with E-state index in [1.54, 1.807) is 0 Å². The van der Waals surface area contributed by atoms with Crippen LogP contribution in [-0.4, -0.2) is 49.5 Å². The molecule has 1 aliphatic heterocycles. The number of hydrogen-bond donors (Lipinski definition) is 1. The lowest BCUT2D eigenvalue weighted by Crippen LogP contribution is -2.50. The van der Waals surface area contributed by atoms with E-state index in [0.29, 0.717) is 19.8 Å². The van der Waals surface area contributed by atoms with Crippen LogP contribution in [-0.2, 0) is 43.5 Å². The molecule has 0 spiro atoms. The summed E-state index contributed by atoms with van der Waals surface area (Å²) in [6, 6.07) is 29.7. The fourth-order valence-corrected chi connectivity index (χ4v) is 4.13. The average molecular weight is 465 g/mol. The van der Waals surface area contributed by atoms with Crippen molar-refractivity contribution in [1.82, 2.24) is 0 Å². The molecule has 6 heteroatoms. The Balaban J connectivity index is 1.50. The molecule has 0 aliphatic carbocycles. The van der Waals surface area contributed by atoms with E-state index in [1.165, 1.54) is 7.11 Å². The van der Waals surface area contributed by atoms with E-state index in [2.05, 4.69) is 0 Å². The molecular weight excluding hydrogens is 432 g/mol. The normalized spacial score (nSPS) is 24.4. The summed E-state index contributed by atoms with van der Waals surface area (Å²) in [7, 11) is 1.51. The van der Waals surface area contributed by atoms with Crippen LogP contribution in [0, 0.1) is 0 Å². The highest BCUT2D eigenvalue weighted by Gasteiger charge is 2.57. The van der Waals surface area contributed by atoms with Gasteiger partial charge in [0.2, 0.25) is 5.79 Å². The summed E-state index contributed by atoms with van der Waals surface area (Å²) >= 11 is 0. The summed E-state index contributed by atoms with van der Waals surface area (Å²) < 4.78 is 30.6. The van der Waals surface area contributed by atoms with Crippen LogP contribution < -0.4 is 0 Å². The Bertz CT molecular complexity index is 962. The maximum atomic E-state index is 10.3. The van der Waals surface area contributed by atoms with Gasteiger partial charge in [0.05, 0.1) is 26.4 Å². The molecule has 4 atom stereocenters. The van der Waals surface area contributed by atoms with Gasteiger partial charge in [-0.2, -0.15) is 0 Å². The lowest BCUT2D eigenvalue weighted by molar-refractivity contribution is -0.274. The molecule has 0 bridgehead atoms. The molecule has 1 saturated heterocycles. The maximum absolute atomic E-state index is 10.3. The molecule has 1 heterocycles. The van der Waals surface area contributed by atoms with E-state index in [1.807, 2.05) is 91.0 Å². The van der Waals surface area contributed by atoms with Gasteiger partial charge >= 0.3 is 0 Å². The highest BCUT2D eigenvalue weighted by molar-refractivity contribution is 5.15. The first-order valence-corrected chi connectivity index (χ1v) is 11.5.